The normalized spacial score (nSPS) is 11.1. The average Bonchev–Trinajstić information content (AvgIpc) is 2.62. The number of guanidine groups is 1. The lowest BCUT2D eigenvalue weighted by Gasteiger charge is -2.11. The number of nitrogens with one attached hydrogen (secondary N) is 3. The quantitative estimate of drug-likeness (QED) is 0.395. The molecule has 0 fully saturated rings. The van der Waals surface area contributed by atoms with Crippen molar-refractivity contribution in [1.29, 1.82) is 0 Å². The summed E-state index contributed by atoms with van der Waals surface area (Å²) in [4.78, 5) is 12.7. The second kappa shape index (κ2) is 10.2. The summed E-state index contributed by atoms with van der Waals surface area (Å²) >= 11 is 0. The molecule has 0 unspecified atom stereocenters. The Labute approximate surface area is 137 Å². The highest BCUT2D eigenvalue weighted by Gasteiger charge is 1.98. The summed E-state index contributed by atoms with van der Waals surface area (Å²) in [6.45, 7) is 2.46. The molecule has 2 aromatic rings. The number of pyridine rings is 2. The van der Waals surface area contributed by atoms with E-state index in [2.05, 4.69) is 30.9 Å². The fourth-order valence-corrected chi connectivity index (χ4v) is 2.04. The Morgan fingerprint density at radius 1 is 0.957 bits per heavy atom. The van der Waals surface area contributed by atoms with Crippen LogP contribution in [0.5, 0.6) is 0 Å². The van der Waals surface area contributed by atoms with Crippen LogP contribution < -0.4 is 16.0 Å². The Hall–Kier alpha value is -2.63. The molecular formula is C17H24N6. The van der Waals surface area contributed by atoms with Crippen LogP contribution in [0.3, 0.4) is 0 Å². The number of hydrogen-bond acceptors (Lipinski definition) is 4. The first-order valence-corrected chi connectivity index (χ1v) is 7.88. The maximum atomic E-state index is 4.28. The van der Waals surface area contributed by atoms with Gasteiger partial charge >= 0.3 is 0 Å². The van der Waals surface area contributed by atoms with Gasteiger partial charge in [0.15, 0.2) is 5.96 Å². The summed E-state index contributed by atoms with van der Waals surface area (Å²) in [6.07, 6.45) is 5.72. The molecule has 2 aromatic heterocycles. The van der Waals surface area contributed by atoms with Crippen molar-refractivity contribution in [2.45, 2.75) is 19.4 Å². The van der Waals surface area contributed by atoms with E-state index in [-0.39, 0.29) is 0 Å². The van der Waals surface area contributed by atoms with E-state index in [4.69, 9.17) is 0 Å². The molecule has 0 bridgehead atoms. The molecule has 3 N–H and O–H groups in total. The van der Waals surface area contributed by atoms with Gasteiger partial charge in [-0.05, 0) is 37.1 Å². The molecule has 0 saturated heterocycles. The highest BCUT2D eigenvalue weighted by molar-refractivity contribution is 5.79. The van der Waals surface area contributed by atoms with Gasteiger partial charge in [-0.2, -0.15) is 0 Å². The standard InChI is InChI=1S/C17H24N6/c1-18-17(23-14-15-8-2-4-10-19-15)22-13-7-6-12-21-16-9-3-5-11-20-16/h2-5,8-11H,6-7,12-14H2,1H3,(H,20,21)(H2,18,22,23). The molecule has 0 radical (unpaired) electrons. The third kappa shape index (κ3) is 6.78. The maximum Gasteiger partial charge on any atom is 0.191 e. The van der Waals surface area contributed by atoms with E-state index in [1.165, 1.54) is 0 Å². The smallest absolute Gasteiger partial charge is 0.191 e. The summed E-state index contributed by atoms with van der Waals surface area (Å²) < 4.78 is 0. The molecule has 0 aliphatic rings. The summed E-state index contributed by atoms with van der Waals surface area (Å²) in [6, 6.07) is 11.8. The van der Waals surface area contributed by atoms with E-state index in [1.807, 2.05) is 36.4 Å². The van der Waals surface area contributed by atoms with E-state index >= 15 is 0 Å². The van der Waals surface area contributed by atoms with Gasteiger partial charge < -0.3 is 16.0 Å². The number of aromatic nitrogens is 2. The van der Waals surface area contributed by atoms with Gasteiger partial charge in [-0.15, -0.1) is 0 Å². The molecule has 2 rings (SSSR count). The van der Waals surface area contributed by atoms with Crippen molar-refractivity contribution in [3.63, 3.8) is 0 Å². The Kier molecular flexibility index (Phi) is 7.39. The van der Waals surface area contributed by atoms with Crippen LogP contribution >= 0.6 is 0 Å². The zero-order chi connectivity index (χ0) is 16.2. The van der Waals surface area contributed by atoms with Gasteiger partial charge in [0.2, 0.25) is 0 Å². The second-order valence-corrected chi connectivity index (χ2v) is 5.02. The van der Waals surface area contributed by atoms with Gasteiger partial charge in [-0.25, -0.2) is 4.98 Å². The fraction of sp³-hybridized carbons (Fsp3) is 0.353. The van der Waals surface area contributed by atoms with Crippen molar-refractivity contribution in [3.8, 4) is 0 Å². The van der Waals surface area contributed by atoms with Gasteiger partial charge in [0, 0.05) is 32.5 Å². The first kappa shape index (κ1) is 16.7. The number of unbranched alkanes of at least 4 members (excludes halogenated alkanes) is 1. The summed E-state index contributed by atoms with van der Waals surface area (Å²) in [5.41, 5.74) is 0.995. The van der Waals surface area contributed by atoms with Crippen LogP contribution in [0.25, 0.3) is 0 Å². The molecule has 0 amide bonds. The van der Waals surface area contributed by atoms with E-state index < -0.39 is 0 Å². The average molecular weight is 312 g/mol. The van der Waals surface area contributed by atoms with Crippen molar-refractivity contribution in [3.05, 3.63) is 54.5 Å². The topological polar surface area (TPSA) is 74.2 Å². The van der Waals surface area contributed by atoms with Crippen LogP contribution in [0.4, 0.5) is 5.82 Å². The largest absolute Gasteiger partial charge is 0.370 e. The zero-order valence-electron chi connectivity index (χ0n) is 13.5. The van der Waals surface area contributed by atoms with E-state index in [1.54, 1.807) is 19.4 Å². The molecule has 0 aliphatic heterocycles. The lowest BCUT2D eigenvalue weighted by Crippen LogP contribution is -2.37. The molecule has 2 heterocycles. The summed E-state index contributed by atoms with van der Waals surface area (Å²) in [5, 5.41) is 9.86. The van der Waals surface area contributed by atoms with Gasteiger partial charge in [0.05, 0.1) is 12.2 Å². The van der Waals surface area contributed by atoms with Crippen molar-refractivity contribution in [2.75, 3.05) is 25.5 Å². The number of rotatable bonds is 8. The predicted octanol–water partition coefficient (Wildman–Crippen LogP) is 2.03. The van der Waals surface area contributed by atoms with Crippen LogP contribution in [-0.4, -0.2) is 36.1 Å². The van der Waals surface area contributed by atoms with E-state index in [0.29, 0.717) is 6.54 Å². The van der Waals surface area contributed by atoms with Gasteiger partial charge in [0.25, 0.3) is 0 Å². The molecule has 0 aliphatic carbocycles. The zero-order valence-corrected chi connectivity index (χ0v) is 13.5. The molecule has 23 heavy (non-hydrogen) atoms. The Morgan fingerprint density at radius 2 is 1.74 bits per heavy atom. The molecule has 0 atom stereocenters. The fourth-order valence-electron chi connectivity index (χ4n) is 2.04. The number of hydrogen-bond donors (Lipinski definition) is 3. The van der Waals surface area contributed by atoms with Crippen LogP contribution in [0.1, 0.15) is 18.5 Å². The van der Waals surface area contributed by atoms with Crippen molar-refractivity contribution < 1.29 is 0 Å². The van der Waals surface area contributed by atoms with E-state index in [9.17, 15) is 0 Å². The Morgan fingerprint density at radius 3 is 2.43 bits per heavy atom. The summed E-state index contributed by atoms with van der Waals surface area (Å²) in [5.74, 6) is 1.72. The first-order valence-electron chi connectivity index (χ1n) is 7.88. The molecule has 6 nitrogen and oxygen atoms in total. The Bertz CT molecular complexity index is 570. The minimum Gasteiger partial charge on any atom is -0.370 e. The highest BCUT2D eigenvalue weighted by Crippen LogP contribution is 2.00. The third-order valence-electron chi connectivity index (χ3n) is 3.25. The number of anilines is 1. The van der Waals surface area contributed by atoms with Gasteiger partial charge in [0.1, 0.15) is 5.82 Å². The van der Waals surface area contributed by atoms with Crippen molar-refractivity contribution >= 4 is 11.8 Å². The molecule has 0 spiro atoms. The molecule has 0 aromatic carbocycles. The maximum absolute atomic E-state index is 4.28. The van der Waals surface area contributed by atoms with Crippen LogP contribution in [0.2, 0.25) is 0 Å². The SMILES string of the molecule is CN=C(NCCCCNc1ccccn1)NCc1ccccn1. The minimum atomic E-state index is 0.668. The molecule has 122 valence electrons. The van der Waals surface area contributed by atoms with Crippen LogP contribution in [0.15, 0.2) is 53.8 Å². The lowest BCUT2D eigenvalue weighted by atomic mass is 10.3. The molecule has 0 saturated carbocycles. The predicted molar refractivity (Wildman–Crippen MR) is 94.4 cm³/mol. The number of aliphatic imine (C=N–C) groups is 1. The van der Waals surface area contributed by atoms with E-state index in [0.717, 1.165) is 43.4 Å². The first-order chi connectivity index (χ1) is 11.4. The van der Waals surface area contributed by atoms with Crippen molar-refractivity contribution in [1.82, 2.24) is 20.6 Å². The third-order valence-corrected chi connectivity index (χ3v) is 3.25. The summed E-state index contributed by atoms with van der Waals surface area (Å²) in [7, 11) is 1.77. The monoisotopic (exact) mass is 312 g/mol. The molecule has 6 heteroatoms. The highest BCUT2D eigenvalue weighted by atomic mass is 15.2. The van der Waals surface area contributed by atoms with Crippen molar-refractivity contribution in [2.24, 2.45) is 4.99 Å². The van der Waals surface area contributed by atoms with Crippen LogP contribution in [-0.2, 0) is 6.54 Å². The second-order valence-electron chi connectivity index (χ2n) is 5.02. The van der Waals surface area contributed by atoms with Gasteiger partial charge in [-0.3, -0.25) is 9.98 Å². The van der Waals surface area contributed by atoms with Crippen LogP contribution in [0, 0.1) is 0 Å². The van der Waals surface area contributed by atoms with Gasteiger partial charge in [-0.1, -0.05) is 12.1 Å². The number of nitrogens with zero attached hydrogens (tertiary/aromatic N) is 3. The lowest BCUT2D eigenvalue weighted by molar-refractivity contribution is 0.709. The Balaban J connectivity index is 1.55. The minimum absolute atomic E-state index is 0.668. The molecular weight excluding hydrogens is 288 g/mol.